The molecule has 1 aliphatic heterocycles. The van der Waals surface area contributed by atoms with E-state index in [1.54, 1.807) is 0 Å². The smallest absolute Gasteiger partial charge is 0.231 e. The maximum absolute atomic E-state index is 5.88. The molecule has 122 valence electrons. The average molecular weight is 305 g/mol. The van der Waals surface area contributed by atoms with Gasteiger partial charge in [0, 0.05) is 26.2 Å². The van der Waals surface area contributed by atoms with Crippen molar-refractivity contribution in [3.63, 3.8) is 0 Å². The fourth-order valence-electron chi connectivity index (χ4n) is 3.34. The van der Waals surface area contributed by atoms with Crippen molar-refractivity contribution in [1.82, 2.24) is 20.3 Å². The van der Waals surface area contributed by atoms with Gasteiger partial charge in [-0.05, 0) is 31.2 Å². The predicted molar refractivity (Wildman–Crippen MR) is 89.0 cm³/mol. The number of hydrogen-bond donors (Lipinski definition) is 3. The molecule has 0 aromatic carbocycles. The largest absolute Gasteiger partial charge is 0.368 e. The summed E-state index contributed by atoms with van der Waals surface area (Å²) in [4.78, 5) is 15.3. The first-order valence-corrected chi connectivity index (χ1v) is 8.36. The second-order valence-electron chi connectivity index (χ2n) is 6.78. The molecule has 2 aliphatic rings. The fourth-order valence-corrected chi connectivity index (χ4v) is 3.34. The van der Waals surface area contributed by atoms with E-state index < -0.39 is 0 Å². The van der Waals surface area contributed by atoms with E-state index in [2.05, 4.69) is 37.4 Å². The number of nitrogens with zero attached hydrogens (tertiary/aromatic N) is 4. The van der Waals surface area contributed by atoms with Gasteiger partial charge in [-0.15, -0.1) is 0 Å². The van der Waals surface area contributed by atoms with Gasteiger partial charge in [-0.2, -0.15) is 15.0 Å². The molecular formula is C15H27N7. The van der Waals surface area contributed by atoms with Crippen molar-refractivity contribution < 1.29 is 0 Å². The number of anilines is 3. The number of hydrogen-bond acceptors (Lipinski definition) is 7. The molecule has 3 rings (SSSR count). The lowest BCUT2D eigenvalue weighted by Gasteiger charge is -2.24. The standard InChI is InChI=1S/C15H27N7/c1-15(5-2-3-6-15)11-18-13-19-12(16)20-14(21-13)22-9-4-7-17-8-10-22/h17H,2-11H2,1H3,(H3,16,18,19,20,21). The molecule has 22 heavy (non-hydrogen) atoms. The monoisotopic (exact) mass is 305 g/mol. The van der Waals surface area contributed by atoms with E-state index in [4.69, 9.17) is 5.73 Å². The van der Waals surface area contributed by atoms with Gasteiger partial charge < -0.3 is 21.3 Å². The summed E-state index contributed by atoms with van der Waals surface area (Å²) in [5.41, 5.74) is 6.23. The fraction of sp³-hybridized carbons (Fsp3) is 0.800. The number of rotatable bonds is 4. The quantitative estimate of drug-likeness (QED) is 0.771. The number of nitrogen functional groups attached to an aromatic ring is 1. The van der Waals surface area contributed by atoms with E-state index in [0.29, 0.717) is 23.3 Å². The lowest BCUT2D eigenvalue weighted by Crippen LogP contribution is -2.30. The number of nitrogens with two attached hydrogens (primary N) is 1. The molecule has 1 aromatic heterocycles. The molecule has 0 radical (unpaired) electrons. The Bertz CT molecular complexity index is 491. The Hall–Kier alpha value is -1.63. The maximum Gasteiger partial charge on any atom is 0.231 e. The summed E-state index contributed by atoms with van der Waals surface area (Å²) < 4.78 is 0. The van der Waals surface area contributed by atoms with E-state index in [9.17, 15) is 0 Å². The van der Waals surface area contributed by atoms with Crippen molar-refractivity contribution in [1.29, 1.82) is 0 Å². The molecular weight excluding hydrogens is 278 g/mol. The number of aromatic nitrogens is 3. The Balaban J connectivity index is 1.69. The van der Waals surface area contributed by atoms with Crippen molar-refractivity contribution in [2.75, 3.05) is 48.7 Å². The van der Waals surface area contributed by atoms with Crippen LogP contribution in [0, 0.1) is 5.41 Å². The molecule has 0 amide bonds. The highest BCUT2D eigenvalue weighted by Gasteiger charge is 2.28. The highest BCUT2D eigenvalue weighted by Crippen LogP contribution is 2.37. The topological polar surface area (TPSA) is 92.0 Å². The third kappa shape index (κ3) is 3.76. The summed E-state index contributed by atoms with van der Waals surface area (Å²) in [7, 11) is 0. The van der Waals surface area contributed by atoms with Gasteiger partial charge in [-0.25, -0.2) is 0 Å². The van der Waals surface area contributed by atoms with Gasteiger partial charge in [0.25, 0.3) is 0 Å². The third-order valence-electron chi connectivity index (χ3n) is 4.75. The van der Waals surface area contributed by atoms with Gasteiger partial charge in [0.15, 0.2) is 0 Å². The lowest BCUT2D eigenvalue weighted by atomic mass is 9.89. The van der Waals surface area contributed by atoms with Gasteiger partial charge in [0.1, 0.15) is 0 Å². The highest BCUT2D eigenvalue weighted by atomic mass is 15.3. The molecule has 0 atom stereocenters. The van der Waals surface area contributed by atoms with Crippen molar-refractivity contribution in [2.45, 2.75) is 39.0 Å². The molecule has 7 nitrogen and oxygen atoms in total. The molecule has 2 fully saturated rings. The summed E-state index contributed by atoms with van der Waals surface area (Å²) in [6.07, 6.45) is 6.27. The van der Waals surface area contributed by atoms with E-state index in [1.165, 1.54) is 25.7 Å². The van der Waals surface area contributed by atoms with E-state index >= 15 is 0 Å². The van der Waals surface area contributed by atoms with Crippen molar-refractivity contribution in [2.24, 2.45) is 5.41 Å². The Morgan fingerprint density at radius 3 is 2.77 bits per heavy atom. The second-order valence-corrected chi connectivity index (χ2v) is 6.78. The van der Waals surface area contributed by atoms with Gasteiger partial charge in [-0.1, -0.05) is 19.8 Å². The van der Waals surface area contributed by atoms with Gasteiger partial charge in [-0.3, -0.25) is 0 Å². The summed E-state index contributed by atoms with van der Waals surface area (Å²) in [6, 6.07) is 0. The van der Waals surface area contributed by atoms with Crippen LogP contribution in [0.4, 0.5) is 17.8 Å². The first kappa shape index (κ1) is 15.3. The summed E-state index contributed by atoms with van der Waals surface area (Å²) in [5.74, 6) is 1.59. The molecule has 1 aliphatic carbocycles. The zero-order valence-electron chi connectivity index (χ0n) is 13.4. The molecule has 1 saturated heterocycles. The van der Waals surface area contributed by atoms with Crippen LogP contribution in [0.25, 0.3) is 0 Å². The first-order valence-electron chi connectivity index (χ1n) is 8.36. The zero-order chi connectivity index (χ0) is 15.4. The van der Waals surface area contributed by atoms with E-state index in [0.717, 1.165) is 39.1 Å². The van der Waals surface area contributed by atoms with E-state index in [1.807, 2.05) is 0 Å². The molecule has 2 heterocycles. The van der Waals surface area contributed by atoms with E-state index in [-0.39, 0.29) is 0 Å². The Labute approximate surface area is 132 Å². The lowest BCUT2D eigenvalue weighted by molar-refractivity contribution is 0.361. The van der Waals surface area contributed by atoms with Crippen molar-refractivity contribution in [3.8, 4) is 0 Å². The normalized spacial score (nSPS) is 21.6. The Kier molecular flexibility index (Phi) is 4.61. The third-order valence-corrected chi connectivity index (χ3v) is 4.75. The molecule has 1 saturated carbocycles. The van der Waals surface area contributed by atoms with Crippen LogP contribution >= 0.6 is 0 Å². The molecule has 0 bridgehead atoms. The summed E-state index contributed by atoms with van der Waals surface area (Å²) in [6.45, 7) is 7.08. The first-order chi connectivity index (χ1) is 10.6. The van der Waals surface area contributed by atoms with Crippen LogP contribution in [0.15, 0.2) is 0 Å². The van der Waals surface area contributed by atoms with Gasteiger partial charge in [0.05, 0.1) is 0 Å². The Morgan fingerprint density at radius 1 is 1.14 bits per heavy atom. The molecule has 0 unspecified atom stereocenters. The average Bonchev–Trinajstić information content (AvgIpc) is 2.76. The number of nitrogens with one attached hydrogen (secondary N) is 2. The SMILES string of the molecule is CC1(CNc2nc(N)nc(N3CCCNCC3)n2)CCCC1. The van der Waals surface area contributed by atoms with Gasteiger partial charge >= 0.3 is 0 Å². The van der Waals surface area contributed by atoms with Crippen LogP contribution in [0.3, 0.4) is 0 Å². The molecule has 0 spiro atoms. The molecule has 7 heteroatoms. The van der Waals surface area contributed by atoms with Crippen LogP contribution in [0.2, 0.25) is 0 Å². The van der Waals surface area contributed by atoms with Crippen LogP contribution in [0.5, 0.6) is 0 Å². The second kappa shape index (κ2) is 6.64. The summed E-state index contributed by atoms with van der Waals surface area (Å²) in [5, 5.41) is 6.76. The molecule has 1 aromatic rings. The van der Waals surface area contributed by atoms with Gasteiger partial charge in [0.2, 0.25) is 17.8 Å². The Morgan fingerprint density at radius 2 is 1.95 bits per heavy atom. The predicted octanol–water partition coefficient (Wildman–Crippen LogP) is 1.25. The minimum Gasteiger partial charge on any atom is -0.368 e. The minimum absolute atomic E-state index is 0.293. The maximum atomic E-state index is 5.88. The van der Waals surface area contributed by atoms with Crippen LogP contribution < -0.4 is 21.3 Å². The van der Waals surface area contributed by atoms with Crippen molar-refractivity contribution >= 4 is 17.8 Å². The summed E-state index contributed by atoms with van der Waals surface area (Å²) >= 11 is 0. The minimum atomic E-state index is 0.293. The van der Waals surface area contributed by atoms with Crippen LogP contribution in [0.1, 0.15) is 39.0 Å². The van der Waals surface area contributed by atoms with Crippen molar-refractivity contribution in [3.05, 3.63) is 0 Å². The van der Waals surface area contributed by atoms with Crippen LogP contribution in [-0.2, 0) is 0 Å². The molecule has 4 N–H and O–H groups in total. The zero-order valence-corrected chi connectivity index (χ0v) is 13.4. The highest BCUT2D eigenvalue weighted by molar-refractivity contribution is 5.42. The van der Waals surface area contributed by atoms with Crippen LogP contribution in [-0.4, -0.2) is 47.7 Å².